The van der Waals surface area contributed by atoms with Crippen LogP contribution in [-0.4, -0.2) is 24.5 Å². The maximum atomic E-state index is 12.6. The number of para-hydroxylation sites is 1. The number of ketones is 1. The van der Waals surface area contributed by atoms with E-state index < -0.39 is 0 Å². The third-order valence-electron chi connectivity index (χ3n) is 4.04. The van der Waals surface area contributed by atoms with Gasteiger partial charge in [-0.1, -0.05) is 41.4 Å². The normalized spacial score (nSPS) is 19.4. The zero-order valence-electron chi connectivity index (χ0n) is 13.3. The van der Waals surface area contributed by atoms with Gasteiger partial charge in [0.25, 0.3) is 0 Å². The van der Waals surface area contributed by atoms with Gasteiger partial charge in [-0.2, -0.15) is 0 Å². The molecule has 1 fully saturated rings. The summed E-state index contributed by atoms with van der Waals surface area (Å²) in [6, 6.07) is 13.7. The van der Waals surface area contributed by atoms with Crippen LogP contribution in [-0.2, 0) is 0 Å². The van der Waals surface area contributed by atoms with Crippen molar-refractivity contribution in [3.8, 4) is 0 Å². The molecule has 0 bridgehead atoms. The van der Waals surface area contributed by atoms with Crippen molar-refractivity contribution < 1.29 is 9.59 Å². The van der Waals surface area contributed by atoms with Crippen LogP contribution < -0.4 is 16.0 Å². The molecule has 2 unspecified atom stereocenters. The molecule has 0 aromatic heterocycles. The standard InChI is InChI=1S/C18H17Cl2N3O2/c19-12-6-7-14(15(20)9-12)17(24)11-8-16(21-10-11)23-18(25)22-13-4-2-1-3-5-13/h1-7,9,11,16,21H,8,10H2,(H2,22,23,25). The molecule has 2 aromatic rings. The minimum absolute atomic E-state index is 0.0538. The van der Waals surface area contributed by atoms with E-state index in [4.69, 9.17) is 23.2 Å². The van der Waals surface area contributed by atoms with Gasteiger partial charge in [0.2, 0.25) is 0 Å². The van der Waals surface area contributed by atoms with E-state index >= 15 is 0 Å². The highest BCUT2D eigenvalue weighted by molar-refractivity contribution is 6.36. The van der Waals surface area contributed by atoms with Crippen LogP contribution in [0.4, 0.5) is 10.5 Å². The minimum Gasteiger partial charge on any atom is -0.323 e. The first kappa shape index (κ1) is 17.7. The highest BCUT2D eigenvalue weighted by Crippen LogP contribution is 2.26. The monoisotopic (exact) mass is 377 g/mol. The van der Waals surface area contributed by atoms with Crippen LogP contribution in [0.25, 0.3) is 0 Å². The Bertz CT molecular complexity index is 783. The zero-order chi connectivity index (χ0) is 17.8. The van der Waals surface area contributed by atoms with Gasteiger partial charge in [0, 0.05) is 28.7 Å². The van der Waals surface area contributed by atoms with E-state index in [-0.39, 0.29) is 23.9 Å². The van der Waals surface area contributed by atoms with E-state index in [0.29, 0.717) is 34.3 Å². The number of hydrogen-bond acceptors (Lipinski definition) is 3. The van der Waals surface area contributed by atoms with E-state index in [1.165, 1.54) is 0 Å². The van der Waals surface area contributed by atoms with Gasteiger partial charge >= 0.3 is 6.03 Å². The summed E-state index contributed by atoms with van der Waals surface area (Å²) in [5.74, 6) is -0.303. The number of amides is 2. The van der Waals surface area contributed by atoms with E-state index in [1.54, 1.807) is 30.3 Å². The van der Waals surface area contributed by atoms with Crippen LogP contribution >= 0.6 is 23.2 Å². The Labute approximate surface area is 155 Å². The second-order valence-electron chi connectivity index (χ2n) is 5.85. The molecule has 1 heterocycles. The van der Waals surface area contributed by atoms with Crippen LogP contribution in [0.15, 0.2) is 48.5 Å². The van der Waals surface area contributed by atoms with E-state index in [1.807, 2.05) is 18.2 Å². The topological polar surface area (TPSA) is 70.2 Å². The Morgan fingerprint density at radius 3 is 2.56 bits per heavy atom. The van der Waals surface area contributed by atoms with Crippen LogP contribution in [0.2, 0.25) is 10.0 Å². The average molecular weight is 378 g/mol. The smallest absolute Gasteiger partial charge is 0.320 e. The van der Waals surface area contributed by atoms with Crippen LogP contribution in [0.1, 0.15) is 16.8 Å². The van der Waals surface area contributed by atoms with Crippen molar-refractivity contribution in [2.24, 2.45) is 5.92 Å². The quantitative estimate of drug-likeness (QED) is 0.706. The number of carbonyl (C=O) groups is 2. The summed E-state index contributed by atoms with van der Waals surface area (Å²) < 4.78 is 0. The lowest BCUT2D eigenvalue weighted by molar-refractivity contribution is 0.0928. The molecular formula is C18H17Cl2N3O2. The van der Waals surface area contributed by atoms with Crippen LogP contribution in [0, 0.1) is 5.92 Å². The third-order valence-corrected chi connectivity index (χ3v) is 4.58. The first-order valence-electron chi connectivity index (χ1n) is 7.88. The number of rotatable bonds is 4. The van der Waals surface area contributed by atoms with Gasteiger partial charge < -0.3 is 10.6 Å². The Hall–Kier alpha value is -2.08. The van der Waals surface area contributed by atoms with Gasteiger partial charge in [0.05, 0.1) is 11.2 Å². The van der Waals surface area contributed by atoms with Gasteiger partial charge in [-0.3, -0.25) is 10.1 Å². The van der Waals surface area contributed by atoms with E-state index in [0.717, 1.165) is 0 Å². The molecule has 3 N–H and O–H groups in total. The summed E-state index contributed by atoms with van der Waals surface area (Å²) in [4.78, 5) is 24.6. The molecule has 7 heteroatoms. The fourth-order valence-corrected chi connectivity index (χ4v) is 3.30. The van der Waals surface area contributed by atoms with Crippen molar-refractivity contribution in [2.75, 3.05) is 11.9 Å². The fraction of sp³-hybridized carbons (Fsp3) is 0.222. The summed E-state index contributed by atoms with van der Waals surface area (Å²) >= 11 is 12.0. The number of benzene rings is 2. The molecule has 25 heavy (non-hydrogen) atoms. The summed E-state index contributed by atoms with van der Waals surface area (Å²) in [5.41, 5.74) is 1.16. The second-order valence-corrected chi connectivity index (χ2v) is 6.69. The zero-order valence-corrected chi connectivity index (χ0v) is 14.8. The molecule has 2 atom stereocenters. The predicted octanol–water partition coefficient (Wildman–Crippen LogP) is 3.93. The third kappa shape index (κ3) is 4.51. The molecule has 0 spiro atoms. The highest BCUT2D eigenvalue weighted by atomic mass is 35.5. The molecule has 3 rings (SSSR count). The van der Waals surface area contributed by atoms with Gasteiger partial charge in [-0.15, -0.1) is 0 Å². The molecular weight excluding hydrogens is 361 g/mol. The summed E-state index contributed by atoms with van der Waals surface area (Å²) in [6.45, 7) is 0.480. The fourth-order valence-electron chi connectivity index (χ4n) is 2.80. The van der Waals surface area contributed by atoms with Crippen LogP contribution in [0.5, 0.6) is 0 Å². The average Bonchev–Trinajstić information content (AvgIpc) is 3.03. The maximum Gasteiger partial charge on any atom is 0.320 e. The lowest BCUT2D eigenvalue weighted by atomic mass is 9.96. The van der Waals surface area contributed by atoms with Crippen molar-refractivity contribution in [2.45, 2.75) is 12.6 Å². The van der Waals surface area contributed by atoms with E-state index in [9.17, 15) is 9.59 Å². The van der Waals surface area contributed by atoms with Gasteiger partial charge in [-0.05, 0) is 36.8 Å². The van der Waals surface area contributed by atoms with Gasteiger partial charge in [-0.25, -0.2) is 4.79 Å². The van der Waals surface area contributed by atoms with Crippen molar-refractivity contribution in [3.05, 3.63) is 64.1 Å². The largest absolute Gasteiger partial charge is 0.323 e. The Kier molecular flexibility index (Phi) is 5.58. The number of anilines is 1. The Morgan fingerprint density at radius 1 is 1.08 bits per heavy atom. The Balaban J connectivity index is 1.56. The minimum atomic E-state index is -0.318. The summed E-state index contributed by atoms with van der Waals surface area (Å²) in [7, 11) is 0. The maximum absolute atomic E-state index is 12.6. The molecule has 1 aliphatic heterocycles. The Morgan fingerprint density at radius 2 is 1.84 bits per heavy atom. The molecule has 130 valence electrons. The summed E-state index contributed by atoms with van der Waals surface area (Å²) in [5, 5.41) is 9.54. The molecule has 1 saturated heterocycles. The van der Waals surface area contributed by atoms with Crippen molar-refractivity contribution in [1.29, 1.82) is 0 Å². The van der Waals surface area contributed by atoms with Gasteiger partial charge in [0.1, 0.15) is 0 Å². The first-order valence-corrected chi connectivity index (χ1v) is 8.64. The molecule has 2 amide bonds. The van der Waals surface area contributed by atoms with E-state index in [2.05, 4.69) is 16.0 Å². The lowest BCUT2D eigenvalue weighted by Crippen LogP contribution is -2.43. The van der Waals surface area contributed by atoms with Crippen molar-refractivity contribution in [1.82, 2.24) is 10.6 Å². The number of hydrogen-bond donors (Lipinski definition) is 3. The number of halogens is 2. The molecule has 5 nitrogen and oxygen atoms in total. The summed E-state index contributed by atoms with van der Waals surface area (Å²) in [6.07, 6.45) is 0.226. The van der Waals surface area contributed by atoms with Gasteiger partial charge in [0.15, 0.2) is 5.78 Å². The molecule has 0 radical (unpaired) electrons. The van der Waals surface area contributed by atoms with Crippen molar-refractivity contribution in [3.63, 3.8) is 0 Å². The number of Topliss-reactive ketones (excluding diaryl/α,β-unsaturated/α-hetero) is 1. The predicted molar refractivity (Wildman–Crippen MR) is 99.3 cm³/mol. The van der Waals surface area contributed by atoms with Crippen molar-refractivity contribution >= 4 is 40.7 Å². The first-order chi connectivity index (χ1) is 12.0. The van der Waals surface area contributed by atoms with Crippen LogP contribution in [0.3, 0.4) is 0 Å². The SMILES string of the molecule is O=C(Nc1ccccc1)NC1CC(C(=O)c2ccc(Cl)cc2Cl)CN1. The molecule has 0 aliphatic carbocycles. The second kappa shape index (κ2) is 7.87. The molecule has 2 aromatic carbocycles. The number of urea groups is 1. The number of carbonyl (C=O) groups excluding carboxylic acids is 2. The number of nitrogens with one attached hydrogen (secondary N) is 3. The lowest BCUT2D eigenvalue weighted by Gasteiger charge is -2.14. The highest BCUT2D eigenvalue weighted by Gasteiger charge is 2.31. The molecule has 1 aliphatic rings. The molecule has 0 saturated carbocycles.